The second-order valence-corrected chi connectivity index (χ2v) is 6.38. The highest BCUT2D eigenvalue weighted by molar-refractivity contribution is 7.99. The van der Waals surface area contributed by atoms with Crippen LogP contribution >= 0.6 is 11.8 Å². The maximum Gasteiger partial charge on any atom is 0.142 e. The Morgan fingerprint density at radius 2 is 1.59 bits per heavy atom. The maximum atomic E-state index is 5.47. The van der Waals surface area contributed by atoms with E-state index in [2.05, 4.69) is 52.3 Å². The van der Waals surface area contributed by atoms with Crippen molar-refractivity contribution >= 4 is 17.4 Å². The van der Waals surface area contributed by atoms with Crippen LogP contribution in [0.3, 0.4) is 0 Å². The molecule has 1 heterocycles. The van der Waals surface area contributed by atoms with Gasteiger partial charge in [-0.3, -0.25) is 4.90 Å². The fourth-order valence-electron chi connectivity index (χ4n) is 2.69. The van der Waals surface area contributed by atoms with Gasteiger partial charge in [-0.1, -0.05) is 30.3 Å². The second kappa shape index (κ2) is 7.56. The first kappa shape index (κ1) is 15.3. The molecule has 0 N–H and O–H groups in total. The van der Waals surface area contributed by atoms with E-state index in [4.69, 9.17) is 4.74 Å². The lowest BCUT2D eigenvalue weighted by Crippen LogP contribution is -2.46. The molecule has 3 rings (SSSR count). The number of rotatable bonds is 5. The quantitative estimate of drug-likeness (QED) is 0.784. The molecule has 0 bridgehead atoms. The van der Waals surface area contributed by atoms with E-state index >= 15 is 0 Å². The van der Waals surface area contributed by atoms with Crippen LogP contribution in [0.15, 0.2) is 59.5 Å². The third-order valence-corrected chi connectivity index (χ3v) is 5.05. The van der Waals surface area contributed by atoms with E-state index in [-0.39, 0.29) is 0 Å². The van der Waals surface area contributed by atoms with Gasteiger partial charge < -0.3 is 9.64 Å². The van der Waals surface area contributed by atoms with Crippen LogP contribution in [0.25, 0.3) is 0 Å². The fourth-order valence-corrected chi connectivity index (χ4v) is 3.63. The third kappa shape index (κ3) is 3.76. The molecule has 1 aliphatic rings. The van der Waals surface area contributed by atoms with Crippen LogP contribution in [0.2, 0.25) is 0 Å². The zero-order chi connectivity index (χ0) is 15.2. The maximum absolute atomic E-state index is 5.47. The fraction of sp³-hybridized carbons (Fsp3) is 0.333. The Bertz CT molecular complexity index is 583. The van der Waals surface area contributed by atoms with Crippen LogP contribution in [0.4, 0.5) is 5.69 Å². The van der Waals surface area contributed by atoms with Gasteiger partial charge >= 0.3 is 0 Å². The Labute approximate surface area is 136 Å². The lowest BCUT2D eigenvalue weighted by molar-refractivity contribution is 0.299. The smallest absolute Gasteiger partial charge is 0.142 e. The van der Waals surface area contributed by atoms with Gasteiger partial charge in [-0.25, -0.2) is 0 Å². The van der Waals surface area contributed by atoms with Gasteiger partial charge in [-0.05, 0) is 24.3 Å². The molecule has 0 unspecified atom stereocenters. The highest BCUT2D eigenvalue weighted by Crippen LogP contribution is 2.28. The molecule has 0 atom stereocenters. The van der Waals surface area contributed by atoms with Crippen molar-refractivity contribution in [1.29, 1.82) is 0 Å². The summed E-state index contributed by atoms with van der Waals surface area (Å²) < 4.78 is 5.47. The van der Waals surface area contributed by atoms with Gasteiger partial charge in [-0.2, -0.15) is 0 Å². The Kier molecular flexibility index (Phi) is 5.24. The van der Waals surface area contributed by atoms with Crippen LogP contribution in [0, 0.1) is 0 Å². The molecule has 0 amide bonds. The number of thioether (sulfide) groups is 1. The molecule has 1 saturated heterocycles. The topological polar surface area (TPSA) is 15.7 Å². The van der Waals surface area contributed by atoms with E-state index in [1.807, 2.05) is 23.9 Å². The molecule has 0 spiro atoms. The van der Waals surface area contributed by atoms with E-state index in [0.717, 1.165) is 37.8 Å². The van der Waals surface area contributed by atoms with Crippen molar-refractivity contribution in [3.05, 3.63) is 54.6 Å². The zero-order valence-corrected chi connectivity index (χ0v) is 13.8. The lowest BCUT2D eigenvalue weighted by Gasteiger charge is -2.36. The minimum atomic E-state index is 0.967. The summed E-state index contributed by atoms with van der Waals surface area (Å²) in [6.07, 6.45) is 0. The standard InChI is InChI=1S/C18H22N2OS/c1-21-18-10-6-5-9-17(18)20-13-11-19(12-14-20)15-22-16-7-3-2-4-8-16/h2-10H,11-15H2,1H3. The minimum absolute atomic E-state index is 0.967. The molecule has 4 heteroatoms. The first-order chi connectivity index (χ1) is 10.9. The summed E-state index contributed by atoms with van der Waals surface area (Å²) in [4.78, 5) is 6.28. The average molecular weight is 314 g/mol. The van der Waals surface area contributed by atoms with Gasteiger partial charge in [0.1, 0.15) is 5.75 Å². The molecule has 0 aliphatic carbocycles. The number of hydrogen-bond donors (Lipinski definition) is 0. The summed E-state index contributed by atoms with van der Waals surface area (Å²) in [6, 6.07) is 18.9. The van der Waals surface area contributed by atoms with Gasteiger partial charge in [0.25, 0.3) is 0 Å². The summed E-state index contributed by atoms with van der Waals surface area (Å²) >= 11 is 1.91. The Morgan fingerprint density at radius 3 is 2.32 bits per heavy atom. The number of hydrogen-bond acceptors (Lipinski definition) is 4. The molecule has 0 radical (unpaired) electrons. The van der Waals surface area contributed by atoms with Crippen LogP contribution in [0.1, 0.15) is 0 Å². The molecule has 2 aromatic carbocycles. The number of ether oxygens (including phenoxy) is 1. The van der Waals surface area contributed by atoms with E-state index < -0.39 is 0 Å². The molecule has 116 valence electrons. The summed E-state index contributed by atoms with van der Waals surface area (Å²) in [5.41, 5.74) is 1.21. The number of benzene rings is 2. The predicted octanol–water partition coefficient (Wildman–Crippen LogP) is 3.57. The number of para-hydroxylation sites is 2. The molecule has 1 aliphatic heterocycles. The van der Waals surface area contributed by atoms with Crippen molar-refractivity contribution < 1.29 is 4.74 Å². The van der Waals surface area contributed by atoms with Gasteiger partial charge in [0.15, 0.2) is 0 Å². The molecular formula is C18H22N2OS. The summed E-state index contributed by atoms with van der Waals surface area (Å²) in [7, 11) is 1.74. The number of methoxy groups -OCH3 is 1. The van der Waals surface area contributed by atoms with Crippen molar-refractivity contribution in [2.24, 2.45) is 0 Å². The first-order valence-electron chi connectivity index (χ1n) is 7.65. The molecule has 1 fully saturated rings. The van der Waals surface area contributed by atoms with Crippen LogP contribution in [-0.4, -0.2) is 44.1 Å². The minimum Gasteiger partial charge on any atom is -0.495 e. The largest absolute Gasteiger partial charge is 0.495 e. The van der Waals surface area contributed by atoms with E-state index in [0.29, 0.717) is 0 Å². The van der Waals surface area contributed by atoms with Crippen LogP contribution in [0.5, 0.6) is 5.75 Å². The number of nitrogens with zero attached hydrogens (tertiary/aromatic N) is 2. The predicted molar refractivity (Wildman–Crippen MR) is 93.9 cm³/mol. The highest BCUT2D eigenvalue weighted by Gasteiger charge is 2.19. The van der Waals surface area contributed by atoms with Crippen molar-refractivity contribution in [3.63, 3.8) is 0 Å². The monoisotopic (exact) mass is 314 g/mol. The number of piperazine rings is 1. The molecule has 0 aromatic heterocycles. The van der Waals surface area contributed by atoms with Gasteiger partial charge in [0.2, 0.25) is 0 Å². The molecule has 3 nitrogen and oxygen atoms in total. The van der Waals surface area contributed by atoms with Crippen molar-refractivity contribution in [2.75, 3.05) is 44.1 Å². The number of anilines is 1. The second-order valence-electron chi connectivity index (χ2n) is 5.36. The normalized spacial score (nSPS) is 15.8. The lowest BCUT2D eigenvalue weighted by atomic mass is 10.2. The summed E-state index contributed by atoms with van der Waals surface area (Å²) in [5.74, 6) is 2.03. The first-order valence-corrected chi connectivity index (χ1v) is 8.63. The Morgan fingerprint density at radius 1 is 0.909 bits per heavy atom. The average Bonchev–Trinajstić information content (AvgIpc) is 2.61. The van der Waals surface area contributed by atoms with Gasteiger partial charge in [0, 0.05) is 37.0 Å². The van der Waals surface area contributed by atoms with Crippen molar-refractivity contribution in [2.45, 2.75) is 4.90 Å². The van der Waals surface area contributed by atoms with Crippen molar-refractivity contribution in [1.82, 2.24) is 4.90 Å². The van der Waals surface area contributed by atoms with Gasteiger partial charge in [0.05, 0.1) is 12.8 Å². The van der Waals surface area contributed by atoms with E-state index in [9.17, 15) is 0 Å². The summed E-state index contributed by atoms with van der Waals surface area (Å²) in [5, 5.41) is 0. The van der Waals surface area contributed by atoms with Gasteiger partial charge in [-0.15, -0.1) is 11.8 Å². The zero-order valence-electron chi connectivity index (χ0n) is 12.9. The Hall–Kier alpha value is -1.65. The highest BCUT2D eigenvalue weighted by atomic mass is 32.2. The molecule has 22 heavy (non-hydrogen) atoms. The van der Waals surface area contributed by atoms with E-state index in [1.165, 1.54) is 10.6 Å². The molecule has 0 saturated carbocycles. The Balaban J connectivity index is 1.52. The molecular weight excluding hydrogens is 292 g/mol. The van der Waals surface area contributed by atoms with Crippen LogP contribution < -0.4 is 9.64 Å². The summed E-state index contributed by atoms with van der Waals surface area (Å²) in [6.45, 7) is 4.29. The third-order valence-electron chi connectivity index (χ3n) is 3.96. The van der Waals surface area contributed by atoms with Crippen LogP contribution in [-0.2, 0) is 0 Å². The SMILES string of the molecule is COc1ccccc1N1CCN(CSc2ccccc2)CC1. The molecule has 2 aromatic rings. The van der Waals surface area contributed by atoms with E-state index in [1.54, 1.807) is 7.11 Å². The van der Waals surface area contributed by atoms with Crippen molar-refractivity contribution in [3.8, 4) is 5.75 Å².